The van der Waals surface area contributed by atoms with Crippen molar-refractivity contribution in [2.75, 3.05) is 0 Å². The number of benzene rings is 1. The van der Waals surface area contributed by atoms with Crippen LogP contribution < -0.4 is 0 Å². The minimum absolute atomic E-state index is 0.350. The Kier molecular flexibility index (Phi) is 3.79. The molecule has 0 atom stereocenters. The van der Waals surface area contributed by atoms with Gasteiger partial charge in [0.2, 0.25) is 0 Å². The average Bonchev–Trinajstić information content (AvgIpc) is 2.25. The maximum Gasteiger partial charge on any atom is 0.119 e. The highest BCUT2D eigenvalue weighted by Gasteiger charge is 2.07. The summed E-state index contributed by atoms with van der Waals surface area (Å²) in [6.07, 6.45) is 1.99. The van der Waals surface area contributed by atoms with E-state index < -0.39 is 0 Å². The molecule has 84 valence electrons. The molecule has 0 heterocycles. The SMILES string of the molecule is C/C=C(\C)C#Cc1c(C)cc(O)c(C)c1C. The zero-order valence-electron chi connectivity index (χ0n) is 10.6. The number of hydrogen-bond donors (Lipinski definition) is 1. The second-order valence-corrected chi connectivity index (χ2v) is 4.06. The first-order valence-electron chi connectivity index (χ1n) is 5.42. The van der Waals surface area contributed by atoms with Gasteiger partial charge in [-0.1, -0.05) is 17.9 Å². The number of aryl methyl sites for hydroxylation is 1. The van der Waals surface area contributed by atoms with Crippen LogP contribution in [0.3, 0.4) is 0 Å². The van der Waals surface area contributed by atoms with E-state index in [0.717, 1.165) is 27.8 Å². The number of rotatable bonds is 0. The van der Waals surface area contributed by atoms with Crippen molar-refractivity contribution in [2.24, 2.45) is 0 Å². The molecule has 1 nitrogen and oxygen atoms in total. The third-order valence-corrected chi connectivity index (χ3v) is 2.89. The van der Waals surface area contributed by atoms with Crippen molar-refractivity contribution in [2.45, 2.75) is 34.6 Å². The van der Waals surface area contributed by atoms with Crippen LogP contribution in [0.15, 0.2) is 17.7 Å². The molecule has 1 N–H and O–H groups in total. The summed E-state index contributed by atoms with van der Waals surface area (Å²) < 4.78 is 0. The van der Waals surface area contributed by atoms with Gasteiger partial charge >= 0.3 is 0 Å². The number of aromatic hydroxyl groups is 1. The molecule has 0 saturated carbocycles. The van der Waals surface area contributed by atoms with Crippen LogP contribution in [0.1, 0.15) is 36.1 Å². The fourth-order valence-corrected chi connectivity index (χ4v) is 1.49. The molecule has 0 bridgehead atoms. The maximum absolute atomic E-state index is 9.67. The highest BCUT2D eigenvalue weighted by atomic mass is 16.3. The number of hydrogen-bond acceptors (Lipinski definition) is 1. The molecule has 0 radical (unpaired) electrons. The zero-order valence-corrected chi connectivity index (χ0v) is 10.6. The van der Waals surface area contributed by atoms with Crippen LogP contribution in [0.5, 0.6) is 5.75 Å². The standard InChI is InChI=1S/C15H18O/c1-6-10(2)7-8-14-11(3)9-15(16)13(5)12(14)4/h6,9,16H,1-5H3/b10-6+. The summed E-state index contributed by atoms with van der Waals surface area (Å²) in [5, 5.41) is 9.67. The normalized spacial score (nSPS) is 10.9. The van der Waals surface area contributed by atoms with E-state index in [1.807, 2.05) is 40.7 Å². The molecule has 0 amide bonds. The molecule has 1 heteroatoms. The molecular formula is C15H18O. The Morgan fingerprint density at radius 3 is 2.44 bits per heavy atom. The van der Waals surface area contributed by atoms with Gasteiger partial charge in [0.05, 0.1) is 0 Å². The predicted octanol–water partition coefficient (Wildman–Crippen LogP) is 3.64. The van der Waals surface area contributed by atoms with Crippen LogP contribution >= 0.6 is 0 Å². The molecule has 0 unspecified atom stereocenters. The molecule has 0 fully saturated rings. The van der Waals surface area contributed by atoms with Crippen LogP contribution in [0.25, 0.3) is 0 Å². The Balaban J connectivity index is 3.34. The highest BCUT2D eigenvalue weighted by Crippen LogP contribution is 2.25. The Hall–Kier alpha value is -1.68. The van der Waals surface area contributed by atoms with E-state index in [1.165, 1.54) is 0 Å². The van der Waals surface area contributed by atoms with E-state index in [-0.39, 0.29) is 0 Å². The number of phenols is 1. The lowest BCUT2D eigenvalue weighted by atomic mass is 9.97. The third kappa shape index (κ3) is 2.46. The minimum Gasteiger partial charge on any atom is -0.508 e. The molecule has 0 aromatic heterocycles. The largest absolute Gasteiger partial charge is 0.508 e. The van der Waals surface area contributed by atoms with Gasteiger partial charge in [-0.25, -0.2) is 0 Å². The monoisotopic (exact) mass is 214 g/mol. The fraction of sp³-hybridized carbons (Fsp3) is 0.333. The third-order valence-electron chi connectivity index (χ3n) is 2.89. The first-order valence-corrected chi connectivity index (χ1v) is 5.42. The van der Waals surface area contributed by atoms with E-state index in [0.29, 0.717) is 5.75 Å². The topological polar surface area (TPSA) is 20.2 Å². The summed E-state index contributed by atoms with van der Waals surface area (Å²) in [5.41, 5.74) is 5.08. The van der Waals surface area contributed by atoms with E-state index in [4.69, 9.17) is 0 Å². The quantitative estimate of drug-likeness (QED) is 0.654. The second-order valence-electron chi connectivity index (χ2n) is 4.06. The zero-order chi connectivity index (χ0) is 12.3. The molecule has 16 heavy (non-hydrogen) atoms. The van der Waals surface area contributed by atoms with E-state index in [1.54, 1.807) is 6.07 Å². The molecule has 1 aromatic carbocycles. The fourth-order valence-electron chi connectivity index (χ4n) is 1.49. The molecule has 0 aliphatic heterocycles. The average molecular weight is 214 g/mol. The number of phenolic OH excluding ortho intramolecular Hbond substituents is 1. The van der Waals surface area contributed by atoms with Crippen molar-refractivity contribution in [3.05, 3.63) is 40.0 Å². The van der Waals surface area contributed by atoms with Crippen LogP contribution in [-0.2, 0) is 0 Å². The van der Waals surface area contributed by atoms with Crippen LogP contribution in [-0.4, -0.2) is 5.11 Å². The van der Waals surface area contributed by atoms with Gasteiger partial charge in [0.15, 0.2) is 0 Å². The molecule has 0 aliphatic carbocycles. The van der Waals surface area contributed by atoms with E-state index in [9.17, 15) is 5.11 Å². The van der Waals surface area contributed by atoms with Crippen molar-refractivity contribution in [3.8, 4) is 17.6 Å². The van der Waals surface area contributed by atoms with Crippen LogP contribution in [0.4, 0.5) is 0 Å². The van der Waals surface area contributed by atoms with Crippen LogP contribution in [0.2, 0.25) is 0 Å². The first-order chi connectivity index (χ1) is 7.47. The Bertz CT molecular complexity index is 496. The molecule has 1 rings (SSSR count). The van der Waals surface area contributed by atoms with Gasteiger partial charge in [0.1, 0.15) is 5.75 Å². The Morgan fingerprint density at radius 2 is 1.88 bits per heavy atom. The summed E-state index contributed by atoms with van der Waals surface area (Å²) in [4.78, 5) is 0. The smallest absolute Gasteiger partial charge is 0.119 e. The Labute approximate surface area is 97.8 Å². The van der Waals surface area contributed by atoms with Gasteiger partial charge < -0.3 is 5.11 Å². The van der Waals surface area contributed by atoms with E-state index >= 15 is 0 Å². The minimum atomic E-state index is 0.350. The van der Waals surface area contributed by atoms with Gasteiger partial charge in [0, 0.05) is 5.56 Å². The van der Waals surface area contributed by atoms with Crippen LogP contribution in [0, 0.1) is 32.6 Å². The summed E-state index contributed by atoms with van der Waals surface area (Å²) in [6.45, 7) is 9.85. The van der Waals surface area contributed by atoms with Crippen molar-refractivity contribution < 1.29 is 5.11 Å². The van der Waals surface area contributed by atoms with Crippen molar-refractivity contribution in [1.29, 1.82) is 0 Å². The predicted molar refractivity (Wildman–Crippen MR) is 68.6 cm³/mol. The summed E-state index contributed by atoms with van der Waals surface area (Å²) in [6, 6.07) is 1.78. The lowest BCUT2D eigenvalue weighted by Crippen LogP contribution is -1.92. The summed E-state index contributed by atoms with van der Waals surface area (Å²) in [7, 11) is 0. The van der Waals surface area contributed by atoms with E-state index in [2.05, 4.69) is 11.8 Å². The van der Waals surface area contributed by atoms with Gasteiger partial charge in [-0.05, 0) is 62.9 Å². The Morgan fingerprint density at radius 1 is 1.25 bits per heavy atom. The van der Waals surface area contributed by atoms with Crippen molar-refractivity contribution in [3.63, 3.8) is 0 Å². The second kappa shape index (κ2) is 4.90. The molecule has 0 saturated heterocycles. The van der Waals surface area contributed by atoms with Gasteiger partial charge in [-0.3, -0.25) is 0 Å². The van der Waals surface area contributed by atoms with Gasteiger partial charge in [-0.15, -0.1) is 0 Å². The molecule has 0 aliphatic rings. The van der Waals surface area contributed by atoms with Gasteiger partial charge in [0.25, 0.3) is 0 Å². The summed E-state index contributed by atoms with van der Waals surface area (Å²) in [5.74, 6) is 6.63. The van der Waals surface area contributed by atoms with Crippen molar-refractivity contribution in [1.82, 2.24) is 0 Å². The lowest BCUT2D eigenvalue weighted by Gasteiger charge is -2.08. The molecule has 0 spiro atoms. The lowest BCUT2D eigenvalue weighted by molar-refractivity contribution is 0.470. The first kappa shape index (κ1) is 12.4. The number of allylic oxidation sites excluding steroid dienone is 2. The maximum atomic E-state index is 9.67. The van der Waals surface area contributed by atoms with Gasteiger partial charge in [-0.2, -0.15) is 0 Å². The summed E-state index contributed by atoms with van der Waals surface area (Å²) >= 11 is 0. The molecule has 1 aromatic rings. The molecular weight excluding hydrogens is 196 g/mol. The van der Waals surface area contributed by atoms with Crippen molar-refractivity contribution >= 4 is 0 Å². The highest BCUT2D eigenvalue weighted by molar-refractivity contribution is 5.55.